The highest BCUT2D eigenvalue weighted by molar-refractivity contribution is 7.16. The molecule has 2 heterocycles. The predicted molar refractivity (Wildman–Crippen MR) is 124 cm³/mol. The van der Waals surface area contributed by atoms with Gasteiger partial charge in [0, 0.05) is 17.5 Å². The molecule has 0 aliphatic heterocycles. The number of rotatable bonds is 7. The molecule has 3 rings (SSSR count). The molecule has 0 spiro atoms. The summed E-state index contributed by atoms with van der Waals surface area (Å²) in [6.45, 7) is 4.04. The number of hydrogen-bond donors (Lipinski definition) is 2. The number of halogens is 5. The van der Waals surface area contributed by atoms with Gasteiger partial charge in [-0.25, -0.2) is 19.6 Å². The zero-order chi connectivity index (χ0) is 25.3. The van der Waals surface area contributed by atoms with E-state index in [0.29, 0.717) is 22.4 Å². The van der Waals surface area contributed by atoms with Gasteiger partial charge < -0.3 is 5.11 Å². The lowest BCUT2D eigenvalue weighted by atomic mass is 9.97. The molecule has 4 nitrogen and oxygen atoms in total. The summed E-state index contributed by atoms with van der Waals surface area (Å²) in [7, 11) is 0. The maximum absolute atomic E-state index is 13.6. The second-order valence-corrected chi connectivity index (χ2v) is 9.49. The van der Waals surface area contributed by atoms with Gasteiger partial charge in [-0.1, -0.05) is 30.3 Å². The Hall–Kier alpha value is -2.82. The van der Waals surface area contributed by atoms with Crippen molar-refractivity contribution in [2.75, 3.05) is 5.01 Å². The van der Waals surface area contributed by atoms with Gasteiger partial charge in [0.1, 0.15) is 0 Å². The third-order valence-corrected chi connectivity index (χ3v) is 6.12. The first-order valence-electron chi connectivity index (χ1n) is 10.3. The van der Waals surface area contributed by atoms with Crippen molar-refractivity contribution in [3.8, 4) is 10.4 Å². The summed E-state index contributed by atoms with van der Waals surface area (Å²) in [5, 5.41) is 10.8. The van der Waals surface area contributed by atoms with Gasteiger partial charge in [0.15, 0.2) is 5.82 Å². The molecule has 2 aromatic heterocycles. The van der Waals surface area contributed by atoms with Crippen LogP contribution in [0.5, 0.6) is 0 Å². The summed E-state index contributed by atoms with van der Waals surface area (Å²) >= 11 is 1.19. The van der Waals surface area contributed by atoms with Gasteiger partial charge in [-0.15, -0.1) is 11.3 Å². The minimum Gasteiger partial charge on any atom is -0.386 e. The standard InChI is InChI=1S/C24H24F5N3OS/c1-22(2,33)16-8-6-15(7-9-16)19-10-11-20(34-19)18(12-13-23(3,25)26)32(30)21-17(24(27,28)29)5-4-14-31-21/h4-12,14,33H,13,30H2,1-3H3/b18-12-. The Morgan fingerprint density at radius 3 is 2.24 bits per heavy atom. The number of hydrazine groups is 1. The molecule has 0 aliphatic rings. The van der Waals surface area contributed by atoms with Gasteiger partial charge in [0.25, 0.3) is 0 Å². The maximum atomic E-state index is 13.6. The van der Waals surface area contributed by atoms with Crippen LogP contribution in [0.15, 0.2) is 60.8 Å². The summed E-state index contributed by atoms with van der Waals surface area (Å²) in [5.41, 5.74) is -0.608. The van der Waals surface area contributed by atoms with E-state index in [-0.39, 0.29) is 5.70 Å². The van der Waals surface area contributed by atoms with E-state index in [1.807, 2.05) is 0 Å². The van der Waals surface area contributed by atoms with Crippen LogP contribution in [0.25, 0.3) is 16.1 Å². The number of alkyl halides is 5. The first-order valence-corrected chi connectivity index (χ1v) is 11.1. The predicted octanol–water partition coefficient (Wildman–Crippen LogP) is 6.82. The molecule has 0 saturated heterocycles. The summed E-state index contributed by atoms with van der Waals surface area (Å²) in [4.78, 5) is 4.91. The molecule has 34 heavy (non-hydrogen) atoms. The molecule has 0 saturated carbocycles. The Morgan fingerprint density at radius 2 is 1.68 bits per heavy atom. The molecule has 182 valence electrons. The Labute approximate surface area is 198 Å². The van der Waals surface area contributed by atoms with Crippen LogP contribution in [-0.4, -0.2) is 16.0 Å². The molecule has 0 unspecified atom stereocenters. The fourth-order valence-electron chi connectivity index (χ4n) is 3.19. The number of pyridine rings is 1. The van der Waals surface area contributed by atoms with Crippen LogP contribution in [-0.2, 0) is 11.8 Å². The van der Waals surface area contributed by atoms with Gasteiger partial charge in [0.05, 0.1) is 21.7 Å². The fraction of sp³-hybridized carbons (Fsp3) is 0.292. The third kappa shape index (κ3) is 6.19. The highest BCUT2D eigenvalue weighted by Gasteiger charge is 2.36. The zero-order valence-electron chi connectivity index (χ0n) is 18.7. The molecule has 0 amide bonds. The lowest BCUT2D eigenvalue weighted by Gasteiger charge is -2.24. The number of hydrogen-bond acceptors (Lipinski definition) is 5. The average molecular weight is 498 g/mol. The van der Waals surface area contributed by atoms with E-state index >= 15 is 0 Å². The van der Waals surface area contributed by atoms with Gasteiger partial charge in [-0.05, 0) is 56.2 Å². The van der Waals surface area contributed by atoms with Crippen molar-refractivity contribution in [1.29, 1.82) is 0 Å². The molecule has 0 radical (unpaired) electrons. The zero-order valence-corrected chi connectivity index (χ0v) is 19.5. The molecular weight excluding hydrogens is 473 g/mol. The minimum atomic E-state index is -4.73. The molecule has 0 bridgehead atoms. The number of aromatic nitrogens is 1. The number of anilines is 1. The van der Waals surface area contributed by atoms with E-state index in [1.54, 1.807) is 50.2 Å². The summed E-state index contributed by atoms with van der Waals surface area (Å²) in [6.07, 6.45) is -3.19. The monoisotopic (exact) mass is 497 g/mol. The van der Waals surface area contributed by atoms with Crippen molar-refractivity contribution in [2.24, 2.45) is 5.84 Å². The quantitative estimate of drug-likeness (QED) is 0.214. The van der Waals surface area contributed by atoms with Crippen molar-refractivity contribution in [1.82, 2.24) is 4.98 Å². The third-order valence-electron chi connectivity index (χ3n) is 4.97. The van der Waals surface area contributed by atoms with Gasteiger partial charge >= 0.3 is 6.18 Å². The van der Waals surface area contributed by atoms with Gasteiger partial charge in [0.2, 0.25) is 5.92 Å². The number of aliphatic hydroxyl groups is 1. The Kier molecular flexibility index (Phi) is 7.16. The largest absolute Gasteiger partial charge is 0.420 e. The van der Waals surface area contributed by atoms with E-state index in [2.05, 4.69) is 4.98 Å². The van der Waals surface area contributed by atoms with Gasteiger partial charge in [-0.3, -0.25) is 5.01 Å². The highest BCUT2D eigenvalue weighted by Crippen LogP contribution is 2.39. The van der Waals surface area contributed by atoms with Crippen molar-refractivity contribution < 1.29 is 27.1 Å². The Bertz CT molecular complexity index is 1160. The molecule has 0 aliphatic carbocycles. The number of benzene rings is 1. The number of nitrogens with two attached hydrogens (primary N) is 1. The first-order chi connectivity index (χ1) is 15.7. The van der Waals surface area contributed by atoms with Gasteiger partial charge in [-0.2, -0.15) is 13.2 Å². The van der Waals surface area contributed by atoms with E-state index in [0.717, 1.165) is 34.8 Å². The van der Waals surface area contributed by atoms with Crippen molar-refractivity contribution >= 4 is 22.9 Å². The number of thiophene rings is 1. The van der Waals surface area contributed by atoms with Crippen LogP contribution in [0, 0.1) is 0 Å². The molecule has 0 atom stereocenters. The summed E-state index contributed by atoms with van der Waals surface area (Å²) in [5.74, 6) is 2.37. The Morgan fingerprint density at radius 1 is 1.03 bits per heavy atom. The maximum Gasteiger partial charge on any atom is 0.420 e. The van der Waals surface area contributed by atoms with E-state index in [9.17, 15) is 27.1 Å². The minimum absolute atomic E-state index is 0.0184. The topological polar surface area (TPSA) is 62.4 Å². The van der Waals surface area contributed by atoms with E-state index in [1.165, 1.54) is 11.3 Å². The molecule has 10 heteroatoms. The number of allylic oxidation sites excluding steroid dienone is 1. The van der Waals surface area contributed by atoms with Crippen LogP contribution in [0.1, 0.15) is 43.2 Å². The molecule has 3 N–H and O–H groups in total. The summed E-state index contributed by atoms with van der Waals surface area (Å²) < 4.78 is 67.8. The van der Waals surface area contributed by atoms with E-state index in [4.69, 9.17) is 5.84 Å². The average Bonchev–Trinajstić information content (AvgIpc) is 3.21. The first kappa shape index (κ1) is 25.8. The smallest absolute Gasteiger partial charge is 0.386 e. The van der Waals surface area contributed by atoms with Crippen LogP contribution >= 0.6 is 11.3 Å². The van der Waals surface area contributed by atoms with Crippen LogP contribution in [0.2, 0.25) is 0 Å². The molecule has 0 fully saturated rings. The second-order valence-electron chi connectivity index (χ2n) is 8.41. The van der Waals surface area contributed by atoms with Crippen LogP contribution < -0.4 is 10.9 Å². The van der Waals surface area contributed by atoms with Crippen molar-refractivity contribution in [3.63, 3.8) is 0 Å². The SMILES string of the molecule is CC(F)(F)C/C=C(/c1ccc(-c2ccc(C(C)(C)O)cc2)s1)N(N)c1ncccc1C(F)(F)F. The van der Waals surface area contributed by atoms with Crippen molar-refractivity contribution in [2.45, 2.75) is 44.9 Å². The Balaban J connectivity index is 2.03. The highest BCUT2D eigenvalue weighted by atomic mass is 32.1. The molecule has 3 aromatic rings. The second kappa shape index (κ2) is 9.44. The van der Waals surface area contributed by atoms with Crippen LogP contribution in [0.4, 0.5) is 27.8 Å². The molecule has 1 aromatic carbocycles. The lowest BCUT2D eigenvalue weighted by Crippen LogP contribution is -2.32. The normalized spacial score (nSPS) is 13.3. The fourth-order valence-corrected chi connectivity index (χ4v) is 4.24. The summed E-state index contributed by atoms with van der Waals surface area (Å²) in [6, 6.07) is 12.4. The van der Waals surface area contributed by atoms with E-state index < -0.39 is 35.5 Å². The number of nitrogens with zero attached hydrogens (tertiary/aromatic N) is 2. The van der Waals surface area contributed by atoms with Crippen LogP contribution in [0.3, 0.4) is 0 Å². The van der Waals surface area contributed by atoms with Crippen molar-refractivity contribution in [3.05, 3.63) is 76.8 Å². The lowest BCUT2D eigenvalue weighted by molar-refractivity contribution is -0.137. The molecular formula is C24H24F5N3OS.